The largest absolute Gasteiger partial charge is 1.00 e. The fourth-order valence-electron chi connectivity index (χ4n) is 6.94. The number of anilines is 2. The number of aryl methyl sites for hydroxylation is 2. The van der Waals surface area contributed by atoms with Gasteiger partial charge in [0.15, 0.2) is 0 Å². The Balaban J connectivity index is 0.00000368. The molecule has 0 saturated carbocycles. The monoisotopic (exact) mass is 697 g/mol. The molecule has 3 aromatic carbocycles. The summed E-state index contributed by atoms with van der Waals surface area (Å²) in [4.78, 5) is 25.8. The summed E-state index contributed by atoms with van der Waals surface area (Å²) in [7, 11) is 4.53. The fraction of sp³-hybridized carbons (Fsp3) is 0.412. The summed E-state index contributed by atoms with van der Waals surface area (Å²) in [5.41, 5.74) is 6.16. The number of hydrogen-bond acceptors (Lipinski definition) is 5. The summed E-state index contributed by atoms with van der Waals surface area (Å²) in [6.45, 7) is 1.89. The van der Waals surface area contributed by atoms with Gasteiger partial charge in [-0.15, -0.1) is 0 Å². The lowest BCUT2D eigenvalue weighted by atomic mass is 9.96. The van der Waals surface area contributed by atoms with Crippen molar-refractivity contribution in [2.24, 2.45) is 0 Å². The van der Waals surface area contributed by atoms with Crippen LogP contribution in [0.5, 0.6) is 0 Å². The maximum atomic E-state index is 13.2. The van der Waals surface area contributed by atoms with Crippen LogP contribution < -0.4 is 34.6 Å². The number of carbonyl (C=O) groups excluding carboxylic acids is 2. The van der Waals surface area contributed by atoms with Crippen LogP contribution in [0.3, 0.4) is 0 Å². The minimum Gasteiger partial charge on any atom is -1.00 e. The molecule has 43 heavy (non-hydrogen) atoms. The van der Waals surface area contributed by atoms with Gasteiger partial charge in [0.25, 0.3) is 0 Å². The lowest BCUT2D eigenvalue weighted by molar-refractivity contribution is -0.938. The number of piperidine rings is 1. The average Bonchev–Trinajstić information content (AvgIpc) is 3.73. The zero-order valence-corrected chi connectivity index (χ0v) is 27.0. The molecule has 2 amide bonds. The molecule has 3 N–H and O–H groups in total. The Morgan fingerprint density at radius 1 is 0.930 bits per heavy atom. The van der Waals surface area contributed by atoms with E-state index in [-0.39, 0.29) is 42.6 Å². The molecule has 0 aromatic heterocycles. The van der Waals surface area contributed by atoms with Crippen molar-refractivity contribution in [1.82, 2.24) is 0 Å². The zero-order valence-electron chi connectivity index (χ0n) is 24.9. The molecule has 0 aliphatic carbocycles. The number of nitrogens with zero attached hydrogens (tertiary/aromatic N) is 1. The van der Waals surface area contributed by atoms with Crippen LogP contribution in [0.4, 0.5) is 16.2 Å². The minimum absolute atomic E-state index is 0. The molecule has 2 bridgehead atoms. The van der Waals surface area contributed by atoms with Crippen LogP contribution in [-0.2, 0) is 27.3 Å². The van der Waals surface area contributed by atoms with Crippen LogP contribution in [-0.4, -0.2) is 66.1 Å². The van der Waals surface area contributed by atoms with Gasteiger partial charge < -0.3 is 48.4 Å². The van der Waals surface area contributed by atoms with Gasteiger partial charge in [0.2, 0.25) is 5.91 Å². The van der Waals surface area contributed by atoms with E-state index in [1.165, 1.54) is 0 Å². The number of carbonyl (C=O) groups is 2. The van der Waals surface area contributed by atoms with Crippen LogP contribution >= 0.6 is 0 Å². The molecule has 0 unspecified atom stereocenters. The number of quaternary nitrogens is 1. The number of benzene rings is 3. The van der Waals surface area contributed by atoms with E-state index < -0.39 is 6.09 Å². The molecule has 3 heterocycles. The third kappa shape index (κ3) is 6.74. The standard InChI is InChI=1S/C34H39N3O5.HI/c1-21-16-23(20-38)13-15-27(21)35-31(39)11-7-8-22-12-14-26(24-9-5-4-6-10-24)28(17-22)36-34(40)41-25-18-29-32-33(42-32)30(19-25)37(29,2)3;/h4-6,9-10,12-17,25,29-30,32-33,38H,7-8,11,18-20H2,1-3H3,(H-,35,36,39,40);1H/t25-,29-,30+,32-,33+;. The van der Waals surface area contributed by atoms with Crippen LogP contribution in [0, 0.1) is 6.92 Å². The van der Waals surface area contributed by atoms with Gasteiger partial charge in [-0.3, -0.25) is 10.1 Å². The van der Waals surface area contributed by atoms with Crippen molar-refractivity contribution in [3.05, 3.63) is 83.4 Å². The molecule has 0 radical (unpaired) electrons. The number of nitrogens with one attached hydrogen (secondary N) is 2. The maximum Gasteiger partial charge on any atom is 0.411 e. The summed E-state index contributed by atoms with van der Waals surface area (Å²) in [6.07, 6.45) is 3.42. The van der Waals surface area contributed by atoms with Gasteiger partial charge in [-0.25, -0.2) is 4.79 Å². The van der Waals surface area contributed by atoms with Crippen molar-refractivity contribution < 1.29 is 52.6 Å². The lowest BCUT2D eigenvalue weighted by Crippen LogP contribution is -3.00. The van der Waals surface area contributed by atoms with Gasteiger partial charge in [-0.2, -0.15) is 0 Å². The number of halogens is 1. The highest BCUT2D eigenvalue weighted by Crippen LogP contribution is 2.51. The normalized spacial score (nSPS) is 24.3. The van der Waals surface area contributed by atoms with E-state index in [0.29, 0.717) is 49.2 Å². The zero-order chi connectivity index (χ0) is 29.4. The van der Waals surface area contributed by atoms with Gasteiger partial charge in [0, 0.05) is 30.5 Å². The highest BCUT2D eigenvalue weighted by Gasteiger charge is 2.70. The second-order valence-corrected chi connectivity index (χ2v) is 12.4. The number of aliphatic hydroxyl groups is 1. The number of likely N-dealkylation sites (N-methyl/N-ethyl adjacent to an activating group) is 1. The smallest absolute Gasteiger partial charge is 0.411 e. The van der Waals surface area contributed by atoms with Crippen molar-refractivity contribution in [2.45, 2.75) is 76.0 Å². The molecule has 228 valence electrons. The molecule has 6 rings (SSSR count). The molecule has 3 fully saturated rings. The number of amides is 2. The predicted octanol–water partition coefficient (Wildman–Crippen LogP) is 2.43. The van der Waals surface area contributed by atoms with E-state index in [9.17, 15) is 14.7 Å². The van der Waals surface area contributed by atoms with Crippen LogP contribution in [0.25, 0.3) is 11.1 Å². The Labute approximate surface area is 270 Å². The van der Waals surface area contributed by atoms with E-state index in [2.05, 4.69) is 30.8 Å². The highest BCUT2D eigenvalue weighted by atomic mass is 127. The molecule has 3 aliphatic rings. The highest BCUT2D eigenvalue weighted by molar-refractivity contribution is 5.92. The molecule has 9 heteroatoms. The number of fused-ring (bicyclic) bond motifs is 5. The molecule has 3 saturated heterocycles. The SMILES string of the molecule is Cc1cc(CO)ccc1NC(=O)CCCc1ccc(-c2ccccc2)c(NC(=O)O[C@@H]2C[C@@H]3[C@H]4O[C@H]4[C@H](C2)[N+]3(C)C)c1.[I-]. The Hall–Kier alpha value is -2.99. The van der Waals surface area contributed by atoms with Crippen LogP contribution in [0.2, 0.25) is 0 Å². The summed E-state index contributed by atoms with van der Waals surface area (Å²) in [5, 5.41) is 15.3. The average molecular weight is 698 g/mol. The van der Waals surface area contributed by atoms with E-state index in [1.807, 2.05) is 67.6 Å². The Bertz CT molecular complexity index is 1460. The minimum atomic E-state index is -0.433. The lowest BCUT2D eigenvalue weighted by Gasteiger charge is -2.45. The summed E-state index contributed by atoms with van der Waals surface area (Å²) < 4.78 is 12.8. The quantitative estimate of drug-likeness (QED) is 0.181. The number of ether oxygens (including phenoxy) is 2. The van der Waals surface area contributed by atoms with Gasteiger partial charge in [0.05, 0.1) is 26.4 Å². The second-order valence-electron chi connectivity index (χ2n) is 12.4. The van der Waals surface area contributed by atoms with Crippen molar-refractivity contribution in [3.8, 4) is 11.1 Å². The van der Waals surface area contributed by atoms with Gasteiger partial charge in [0.1, 0.15) is 30.4 Å². The van der Waals surface area contributed by atoms with Crippen molar-refractivity contribution in [1.29, 1.82) is 0 Å². The van der Waals surface area contributed by atoms with Crippen LogP contribution in [0.1, 0.15) is 42.4 Å². The first-order valence-electron chi connectivity index (χ1n) is 14.9. The van der Waals surface area contributed by atoms with Crippen molar-refractivity contribution in [3.63, 3.8) is 0 Å². The summed E-state index contributed by atoms with van der Waals surface area (Å²) in [6, 6.07) is 22.3. The maximum absolute atomic E-state index is 13.2. The molecule has 3 aromatic rings. The molecule has 5 atom stereocenters. The van der Waals surface area contributed by atoms with E-state index in [4.69, 9.17) is 9.47 Å². The fourth-order valence-corrected chi connectivity index (χ4v) is 6.94. The Kier molecular flexibility index (Phi) is 9.46. The third-order valence-corrected chi connectivity index (χ3v) is 9.33. The van der Waals surface area contributed by atoms with E-state index in [1.54, 1.807) is 0 Å². The molecular weight excluding hydrogens is 657 g/mol. The second kappa shape index (κ2) is 12.9. The number of rotatable bonds is 9. The number of morpholine rings is 1. The van der Waals surface area contributed by atoms with Crippen molar-refractivity contribution >= 4 is 23.4 Å². The predicted molar refractivity (Wildman–Crippen MR) is 162 cm³/mol. The topological polar surface area (TPSA) is 100 Å². The van der Waals surface area contributed by atoms with Gasteiger partial charge in [-0.05, 0) is 54.2 Å². The molecule has 0 spiro atoms. The first kappa shape index (κ1) is 31.4. The van der Waals surface area contributed by atoms with Crippen molar-refractivity contribution in [2.75, 3.05) is 24.7 Å². The third-order valence-electron chi connectivity index (χ3n) is 9.33. The van der Waals surface area contributed by atoms with E-state index in [0.717, 1.165) is 50.8 Å². The van der Waals surface area contributed by atoms with Gasteiger partial charge in [-0.1, -0.05) is 54.6 Å². The summed E-state index contributed by atoms with van der Waals surface area (Å²) >= 11 is 0. The Morgan fingerprint density at radius 3 is 2.30 bits per heavy atom. The first-order chi connectivity index (χ1) is 20.2. The summed E-state index contributed by atoms with van der Waals surface area (Å²) in [5.74, 6) is -0.0519. The number of aliphatic hydroxyl groups excluding tert-OH is 1. The number of epoxide rings is 1. The molecule has 8 nitrogen and oxygen atoms in total. The Morgan fingerprint density at radius 2 is 1.63 bits per heavy atom. The number of hydrogen-bond donors (Lipinski definition) is 3. The van der Waals surface area contributed by atoms with E-state index >= 15 is 0 Å². The molecule has 3 aliphatic heterocycles. The first-order valence-corrected chi connectivity index (χ1v) is 14.9. The van der Waals surface area contributed by atoms with Crippen LogP contribution in [0.15, 0.2) is 66.7 Å². The molecular formula is C34H40IN3O5. The van der Waals surface area contributed by atoms with Gasteiger partial charge >= 0.3 is 6.09 Å².